The van der Waals surface area contributed by atoms with Gasteiger partial charge in [-0.25, -0.2) is 4.98 Å². The third-order valence-corrected chi connectivity index (χ3v) is 3.75. The molecule has 0 aliphatic rings. The lowest BCUT2D eigenvalue weighted by Gasteiger charge is -2.21. The number of rotatable bonds is 6. The molecular weight excluding hydrogens is 282 g/mol. The topological polar surface area (TPSA) is 50.9 Å². The molecule has 2 rings (SSSR count). The second-order valence-electron chi connectivity index (χ2n) is 5.11. The van der Waals surface area contributed by atoms with E-state index in [9.17, 15) is 0 Å². The summed E-state index contributed by atoms with van der Waals surface area (Å²) in [6.07, 6.45) is 3.67. The first-order valence-corrected chi connectivity index (χ1v) is 7.76. The molecule has 0 fully saturated rings. The summed E-state index contributed by atoms with van der Waals surface area (Å²) in [5.74, 6) is 0.521. The number of pyridine rings is 1. The lowest BCUT2D eigenvalue weighted by Crippen LogP contribution is -2.24. The molecule has 0 amide bonds. The van der Waals surface area contributed by atoms with Crippen LogP contribution in [0.25, 0.3) is 0 Å². The summed E-state index contributed by atoms with van der Waals surface area (Å²) >= 11 is 6.08. The summed E-state index contributed by atoms with van der Waals surface area (Å²) in [4.78, 5) is 4.17. The van der Waals surface area contributed by atoms with Gasteiger partial charge in [-0.2, -0.15) is 0 Å². The van der Waals surface area contributed by atoms with Gasteiger partial charge in [-0.1, -0.05) is 49.7 Å². The Bertz CT molecular complexity index is 581. The summed E-state index contributed by atoms with van der Waals surface area (Å²) in [7, 11) is 0. The molecule has 2 aromatic rings. The first kappa shape index (κ1) is 15.8. The largest absolute Gasteiger partial charge is 0.383 e. The normalized spacial score (nSPS) is 12.3. The van der Waals surface area contributed by atoms with Crippen LogP contribution in [0.3, 0.4) is 0 Å². The maximum atomic E-state index is 6.08. The van der Waals surface area contributed by atoms with Crippen molar-refractivity contribution in [2.24, 2.45) is 0 Å². The van der Waals surface area contributed by atoms with Crippen LogP contribution in [0.15, 0.2) is 36.5 Å². The van der Waals surface area contributed by atoms with E-state index in [1.165, 1.54) is 11.1 Å². The standard InChI is InChI=1S/C17H22ClN3/c1-3-9-20-16(13-7-5-12(4-2)6-8-13)15-10-14(18)11-21-17(15)19/h5-8,10-11,16,20H,3-4,9H2,1-2H3,(H2,19,21). The predicted octanol–water partition coefficient (Wildman–Crippen LogP) is 3.97. The SMILES string of the molecule is CCCNC(c1ccc(CC)cc1)c1cc(Cl)cnc1N. The van der Waals surface area contributed by atoms with Crippen molar-refractivity contribution in [2.75, 3.05) is 12.3 Å². The average molecular weight is 304 g/mol. The zero-order chi connectivity index (χ0) is 15.2. The van der Waals surface area contributed by atoms with E-state index in [1.807, 2.05) is 6.07 Å². The molecular formula is C17H22ClN3. The number of nitrogen functional groups attached to an aromatic ring is 1. The Morgan fingerprint density at radius 1 is 1.24 bits per heavy atom. The molecule has 1 atom stereocenters. The van der Waals surface area contributed by atoms with E-state index in [4.69, 9.17) is 17.3 Å². The molecule has 0 aliphatic heterocycles. The molecule has 0 saturated heterocycles. The summed E-state index contributed by atoms with van der Waals surface area (Å²) in [6.45, 7) is 5.21. The molecule has 3 N–H and O–H groups in total. The van der Waals surface area contributed by atoms with Crippen LogP contribution in [0.1, 0.15) is 43.0 Å². The first-order valence-electron chi connectivity index (χ1n) is 7.38. The summed E-state index contributed by atoms with van der Waals surface area (Å²) in [5, 5.41) is 4.13. The van der Waals surface area contributed by atoms with E-state index < -0.39 is 0 Å². The van der Waals surface area contributed by atoms with Crippen LogP contribution in [0.5, 0.6) is 0 Å². The summed E-state index contributed by atoms with van der Waals surface area (Å²) in [6, 6.07) is 10.5. The van der Waals surface area contributed by atoms with E-state index in [2.05, 4.69) is 48.4 Å². The van der Waals surface area contributed by atoms with Crippen LogP contribution >= 0.6 is 11.6 Å². The van der Waals surface area contributed by atoms with Crippen LogP contribution in [0.2, 0.25) is 5.02 Å². The van der Waals surface area contributed by atoms with Gasteiger partial charge in [0, 0.05) is 11.8 Å². The molecule has 4 heteroatoms. The predicted molar refractivity (Wildman–Crippen MR) is 89.6 cm³/mol. The lowest BCUT2D eigenvalue weighted by molar-refractivity contribution is 0.598. The lowest BCUT2D eigenvalue weighted by atomic mass is 9.97. The summed E-state index contributed by atoms with van der Waals surface area (Å²) in [5.41, 5.74) is 9.48. The molecule has 1 aromatic heterocycles. The van der Waals surface area contributed by atoms with E-state index in [-0.39, 0.29) is 6.04 Å². The Hall–Kier alpha value is -1.58. The van der Waals surface area contributed by atoms with Crippen LogP contribution < -0.4 is 11.1 Å². The number of benzene rings is 1. The number of aromatic nitrogens is 1. The molecule has 3 nitrogen and oxygen atoms in total. The molecule has 0 radical (unpaired) electrons. The number of hydrogen-bond acceptors (Lipinski definition) is 3. The third-order valence-electron chi connectivity index (χ3n) is 3.55. The third kappa shape index (κ3) is 3.96. The number of aryl methyl sites for hydroxylation is 1. The van der Waals surface area contributed by atoms with Crippen molar-refractivity contribution >= 4 is 17.4 Å². The van der Waals surface area contributed by atoms with Gasteiger partial charge in [0.15, 0.2) is 0 Å². The van der Waals surface area contributed by atoms with Crippen LogP contribution in [0, 0.1) is 0 Å². The monoisotopic (exact) mass is 303 g/mol. The molecule has 112 valence electrons. The van der Waals surface area contributed by atoms with Crippen molar-refractivity contribution in [3.63, 3.8) is 0 Å². The Labute approximate surface area is 131 Å². The van der Waals surface area contributed by atoms with Gasteiger partial charge in [-0.3, -0.25) is 0 Å². The van der Waals surface area contributed by atoms with Crippen LogP contribution in [-0.2, 0) is 6.42 Å². The number of nitrogens with one attached hydrogen (secondary N) is 1. The first-order chi connectivity index (χ1) is 10.2. The Morgan fingerprint density at radius 2 is 1.95 bits per heavy atom. The molecule has 1 heterocycles. The molecule has 1 unspecified atom stereocenters. The average Bonchev–Trinajstić information content (AvgIpc) is 2.51. The minimum absolute atomic E-state index is 0.0158. The fourth-order valence-electron chi connectivity index (χ4n) is 2.34. The number of hydrogen-bond donors (Lipinski definition) is 2. The molecule has 0 bridgehead atoms. The van der Waals surface area contributed by atoms with Gasteiger partial charge in [0.05, 0.1) is 11.1 Å². The van der Waals surface area contributed by atoms with Gasteiger partial charge in [0.2, 0.25) is 0 Å². The van der Waals surface area contributed by atoms with Gasteiger partial charge < -0.3 is 11.1 Å². The highest BCUT2D eigenvalue weighted by Crippen LogP contribution is 2.28. The molecule has 0 spiro atoms. The molecule has 21 heavy (non-hydrogen) atoms. The zero-order valence-corrected chi connectivity index (χ0v) is 13.3. The van der Waals surface area contributed by atoms with Crippen LogP contribution in [0.4, 0.5) is 5.82 Å². The Balaban J connectivity index is 2.38. The quantitative estimate of drug-likeness (QED) is 0.849. The second-order valence-corrected chi connectivity index (χ2v) is 5.55. The van der Waals surface area contributed by atoms with Crippen molar-refractivity contribution in [1.82, 2.24) is 10.3 Å². The minimum atomic E-state index is 0.0158. The number of nitrogens with two attached hydrogens (primary N) is 1. The van der Waals surface area contributed by atoms with Crippen molar-refractivity contribution in [3.05, 3.63) is 58.2 Å². The molecule has 0 saturated carbocycles. The Kier molecular flexibility index (Phi) is 5.59. The van der Waals surface area contributed by atoms with Crippen molar-refractivity contribution in [2.45, 2.75) is 32.7 Å². The van der Waals surface area contributed by atoms with Crippen LogP contribution in [-0.4, -0.2) is 11.5 Å². The van der Waals surface area contributed by atoms with E-state index in [0.717, 1.165) is 24.9 Å². The maximum absolute atomic E-state index is 6.08. The molecule has 0 aliphatic carbocycles. The zero-order valence-electron chi connectivity index (χ0n) is 12.6. The fraction of sp³-hybridized carbons (Fsp3) is 0.353. The van der Waals surface area contributed by atoms with Crippen molar-refractivity contribution in [3.8, 4) is 0 Å². The highest BCUT2D eigenvalue weighted by Gasteiger charge is 2.17. The van der Waals surface area contributed by atoms with Crippen molar-refractivity contribution in [1.29, 1.82) is 0 Å². The van der Waals surface area contributed by atoms with E-state index >= 15 is 0 Å². The van der Waals surface area contributed by atoms with Crippen molar-refractivity contribution < 1.29 is 0 Å². The van der Waals surface area contributed by atoms with Gasteiger partial charge in [0.25, 0.3) is 0 Å². The van der Waals surface area contributed by atoms with E-state index in [1.54, 1.807) is 6.20 Å². The van der Waals surface area contributed by atoms with Gasteiger partial charge in [0.1, 0.15) is 5.82 Å². The number of anilines is 1. The number of halogens is 1. The Morgan fingerprint density at radius 3 is 2.57 bits per heavy atom. The second kappa shape index (κ2) is 7.43. The van der Waals surface area contributed by atoms with Gasteiger partial charge in [-0.05, 0) is 36.6 Å². The number of nitrogens with zero attached hydrogens (tertiary/aromatic N) is 1. The van der Waals surface area contributed by atoms with Gasteiger partial charge >= 0.3 is 0 Å². The maximum Gasteiger partial charge on any atom is 0.128 e. The molecule has 1 aromatic carbocycles. The smallest absolute Gasteiger partial charge is 0.128 e. The highest BCUT2D eigenvalue weighted by molar-refractivity contribution is 6.30. The highest BCUT2D eigenvalue weighted by atomic mass is 35.5. The van der Waals surface area contributed by atoms with E-state index in [0.29, 0.717) is 10.8 Å². The van der Waals surface area contributed by atoms with Gasteiger partial charge in [-0.15, -0.1) is 0 Å². The fourth-order valence-corrected chi connectivity index (χ4v) is 2.50. The minimum Gasteiger partial charge on any atom is -0.383 e. The summed E-state index contributed by atoms with van der Waals surface area (Å²) < 4.78 is 0.